The lowest BCUT2D eigenvalue weighted by Crippen LogP contribution is -2.52. The number of sulfonamides is 1. The molecule has 2 aliphatic heterocycles. The van der Waals surface area contributed by atoms with Gasteiger partial charge in [-0.15, -0.1) is 0 Å². The van der Waals surface area contributed by atoms with E-state index in [4.69, 9.17) is 9.56 Å². The van der Waals surface area contributed by atoms with E-state index in [2.05, 4.69) is 18.7 Å². The van der Waals surface area contributed by atoms with E-state index in [-0.39, 0.29) is 16.8 Å². The van der Waals surface area contributed by atoms with Gasteiger partial charge in [-0.1, -0.05) is 0 Å². The van der Waals surface area contributed by atoms with Crippen LogP contribution in [0.25, 0.3) is 0 Å². The Bertz CT molecular complexity index is 705. The average molecular weight is 355 g/mol. The molecule has 8 heteroatoms. The Labute approximate surface area is 142 Å². The first-order chi connectivity index (χ1) is 11.3. The molecule has 2 saturated heterocycles. The summed E-state index contributed by atoms with van der Waals surface area (Å²) in [4.78, 5) is 16.9. The van der Waals surface area contributed by atoms with Gasteiger partial charge in [0.1, 0.15) is 0 Å². The van der Waals surface area contributed by atoms with Crippen LogP contribution in [0.5, 0.6) is 0 Å². The Morgan fingerprint density at radius 2 is 1.88 bits per heavy atom. The Balaban J connectivity index is 1.72. The highest BCUT2D eigenvalue weighted by Crippen LogP contribution is 2.30. The van der Waals surface area contributed by atoms with Crippen LogP contribution in [-0.2, 0) is 10.0 Å². The van der Waals surface area contributed by atoms with Gasteiger partial charge in [-0.05, 0) is 51.7 Å². The molecule has 0 bridgehead atoms. The largest absolute Gasteiger partial charge is 0.438 e. The first kappa shape index (κ1) is 17.4. The summed E-state index contributed by atoms with van der Waals surface area (Å²) in [6.07, 6.45) is 4.41. The van der Waals surface area contributed by atoms with Gasteiger partial charge in [0.2, 0.25) is 5.09 Å². The number of primary sulfonamides is 1. The summed E-state index contributed by atoms with van der Waals surface area (Å²) >= 11 is 0. The molecular formula is C16H25N3O4S. The lowest BCUT2D eigenvalue weighted by atomic mass is 10.0. The van der Waals surface area contributed by atoms with Gasteiger partial charge in [0.25, 0.3) is 15.9 Å². The Morgan fingerprint density at radius 3 is 2.46 bits per heavy atom. The lowest BCUT2D eigenvalue weighted by molar-refractivity contribution is 0.0459. The molecule has 1 amide bonds. The number of amides is 1. The Morgan fingerprint density at radius 1 is 1.21 bits per heavy atom. The molecule has 0 aliphatic carbocycles. The number of hydrogen-bond acceptors (Lipinski definition) is 5. The number of carbonyl (C=O) groups excluding carboxylic acids is 1. The van der Waals surface area contributed by atoms with Crippen LogP contribution < -0.4 is 5.14 Å². The van der Waals surface area contributed by atoms with Crippen molar-refractivity contribution in [1.29, 1.82) is 0 Å². The molecule has 0 aromatic carbocycles. The van der Waals surface area contributed by atoms with E-state index in [0.717, 1.165) is 12.8 Å². The van der Waals surface area contributed by atoms with Crippen molar-refractivity contribution in [3.8, 4) is 0 Å². The van der Waals surface area contributed by atoms with Gasteiger partial charge < -0.3 is 9.32 Å². The number of carbonyl (C=O) groups is 1. The molecule has 3 rings (SSSR count). The molecule has 1 aromatic rings. The zero-order valence-electron chi connectivity index (χ0n) is 14.1. The molecule has 134 valence electrons. The molecule has 24 heavy (non-hydrogen) atoms. The molecule has 1 aromatic heterocycles. The maximum absolute atomic E-state index is 12.6. The molecule has 2 aliphatic rings. The predicted molar refractivity (Wildman–Crippen MR) is 89.0 cm³/mol. The smallest absolute Gasteiger partial charge is 0.289 e. The van der Waals surface area contributed by atoms with Crippen molar-refractivity contribution in [2.24, 2.45) is 5.14 Å². The highest BCUT2D eigenvalue weighted by atomic mass is 32.2. The van der Waals surface area contributed by atoms with Crippen LogP contribution in [0.15, 0.2) is 21.6 Å². The van der Waals surface area contributed by atoms with E-state index in [1.54, 1.807) is 4.90 Å². The van der Waals surface area contributed by atoms with Gasteiger partial charge in [-0.3, -0.25) is 9.69 Å². The first-order valence-electron chi connectivity index (χ1n) is 8.46. The third-order valence-electron chi connectivity index (χ3n) is 5.20. The molecule has 2 N–H and O–H groups in total. The van der Waals surface area contributed by atoms with Gasteiger partial charge in [0.05, 0.1) is 0 Å². The molecular weight excluding hydrogens is 330 g/mol. The Kier molecular flexibility index (Phi) is 4.72. The van der Waals surface area contributed by atoms with Gasteiger partial charge in [0.15, 0.2) is 5.76 Å². The number of nitrogens with zero attached hydrogens (tertiary/aromatic N) is 2. The summed E-state index contributed by atoms with van der Waals surface area (Å²) in [5.74, 6) is -0.240. The van der Waals surface area contributed by atoms with Crippen molar-refractivity contribution in [2.45, 2.75) is 62.7 Å². The number of rotatable bonds is 3. The minimum Gasteiger partial charge on any atom is -0.438 e. The van der Waals surface area contributed by atoms with Crippen LogP contribution in [0.3, 0.4) is 0 Å². The predicted octanol–water partition coefficient (Wildman–Crippen LogP) is 1.40. The van der Waals surface area contributed by atoms with Crippen LogP contribution >= 0.6 is 0 Å². The summed E-state index contributed by atoms with van der Waals surface area (Å²) in [5, 5.41) is 4.66. The minimum atomic E-state index is -3.93. The molecule has 3 atom stereocenters. The number of piperidine rings is 1. The standard InChI is InChI=1S/C16H25N3O4S/c1-11-5-6-12(2)19(11)13-4-3-9-18(10-13)16(20)14-7-8-15(23-14)24(17,21)22/h7-8,11-13H,3-6,9-10H2,1-2H3,(H2,17,21,22). The summed E-state index contributed by atoms with van der Waals surface area (Å²) < 4.78 is 27.7. The monoisotopic (exact) mass is 355 g/mol. The van der Waals surface area contributed by atoms with Gasteiger partial charge >= 0.3 is 0 Å². The van der Waals surface area contributed by atoms with Gasteiger partial charge in [0, 0.05) is 31.2 Å². The second kappa shape index (κ2) is 6.50. The van der Waals surface area contributed by atoms with Crippen LogP contribution in [0.2, 0.25) is 0 Å². The highest BCUT2D eigenvalue weighted by molar-refractivity contribution is 7.89. The third-order valence-corrected chi connectivity index (χ3v) is 5.98. The van der Waals surface area contributed by atoms with Crippen molar-refractivity contribution in [3.05, 3.63) is 17.9 Å². The van der Waals surface area contributed by atoms with E-state index < -0.39 is 10.0 Å². The van der Waals surface area contributed by atoms with E-state index in [1.807, 2.05) is 0 Å². The van der Waals surface area contributed by atoms with E-state index in [9.17, 15) is 13.2 Å². The van der Waals surface area contributed by atoms with E-state index in [0.29, 0.717) is 31.2 Å². The van der Waals surface area contributed by atoms with Crippen molar-refractivity contribution in [1.82, 2.24) is 9.80 Å². The van der Waals surface area contributed by atoms with Crippen LogP contribution in [0.1, 0.15) is 50.1 Å². The number of furan rings is 1. The summed E-state index contributed by atoms with van der Waals surface area (Å²) in [6.45, 7) is 5.81. The normalized spacial score (nSPS) is 29.1. The van der Waals surface area contributed by atoms with Gasteiger partial charge in [-0.25, -0.2) is 13.6 Å². The first-order valence-corrected chi connectivity index (χ1v) is 10.0. The number of nitrogens with two attached hydrogens (primary N) is 1. The quantitative estimate of drug-likeness (QED) is 0.884. The molecule has 0 spiro atoms. The summed E-state index contributed by atoms with van der Waals surface area (Å²) in [7, 11) is -3.93. The summed E-state index contributed by atoms with van der Waals surface area (Å²) in [5.41, 5.74) is 0. The molecule has 3 heterocycles. The fraction of sp³-hybridized carbons (Fsp3) is 0.688. The maximum atomic E-state index is 12.6. The van der Waals surface area contributed by atoms with Crippen molar-refractivity contribution < 1.29 is 17.6 Å². The zero-order valence-corrected chi connectivity index (χ0v) is 15.0. The molecule has 2 fully saturated rings. The SMILES string of the molecule is CC1CCC(C)N1C1CCCN(C(=O)c2ccc(S(N)(=O)=O)o2)C1. The maximum Gasteiger partial charge on any atom is 0.289 e. The molecule has 3 unspecified atom stereocenters. The second-order valence-electron chi connectivity index (χ2n) is 6.93. The molecule has 0 radical (unpaired) electrons. The van der Waals surface area contributed by atoms with Crippen molar-refractivity contribution in [2.75, 3.05) is 13.1 Å². The lowest BCUT2D eigenvalue weighted by Gasteiger charge is -2.41. The highest BCUT2D eigenvalue weighted by Gasteiger charge is 2.37. The fourth-order valence-electron chi connectivity index (χ4n) is 4.06. The fourth-order valence-corrected chi connectivity index (χ4v) is 4.52. The summed E-state index contributed by atoms with van der Waals surface area (Å²) in [6, 6.07) is 4.04. The number of likely N-dealkylation sites (tertiary alicyclic amines) is 2. The number of hydrogen-bond donors (Lipinski definition) is 1. The molecule has 0 saturated carbocycles. The second-order valence-corrected chi connectivity index (χ2v) is 8.43. The van der Waals surface area contributed by atoms with E-state index >= 15 is 0 Å². The minimum absolute atomic E-state index is 0.0298. The van der Waals surface area contributed by atoms with Crippen molar-refractivity contribution >= 4 is 15.9 Å². The van der Waals surface area contributed by atoms with Crippen LogP contribution in [-0.4, -0.2) is 55.3 Å². The topological polar surface area (TPSA) is 96.9 Å². The zero-order chi connectivity index (χ0) is 17.5. The average Bonchev–Trinajstić information content (AvgIpc) is 3.14. The van der Waals surface area contributed by atoms with Crippen LogP contribution in [0, 0.1) is 0 Å². The molecule has 7 nitrogen and oxygen atoms in total. The van der Waals surface area contributed by atoms with Crippen LogP contribution in [0.4, 0.5) is 0 Å². The third kappa shape index (κ3) is 3.36. The van der Waals surface area contributed by atoms with Gasteiger partial charge in [-0.2, -0.15) is 0 Å². The van der Waals surface area contributed by atoms with Crippen molar-refractivity contribution in [3.63, 3.8) is 0 Å². The Hall–Kier alpha value is -1.38. The van der Waals surface area contributed by atoms with E-state index in [1.165, 1.54) is 25.0 Å².